The Balaban J connectivity index is 0.000000136. The number of likely N-dealkylation sites (tertiary alicyclic amines) is 3. The van der Waals surface area contributed by atoms with Gasteiger partial charge in [0.25, 0.3) is 0 Å². The molecule has 3 aliphatic heterocycles. The third-order valence-corrected chi connectivity index (χ3v) is 22.6. The monoisotopic (exact) mass is 1570 g/mol. The molecule has 115 heavy (non-hydrogen) atoms. The molecule has 9 aromatic heterocycles. The number of imidazole rings is 1. The molecule has 6 atom stereocenters. The van der Waals surface area contributed by atoms with E-state index in [1.54, 1.807) is 52.9 Å². The van der Waals surface area contributed by atoms with Gasteiger partial charge in [0.05, 0.1) is 92.3 Å². The second-order valence-electron chi connectivity index (χ2n) is 31.6. The van der Waals surface area contributed by atoms with Gasteiger partial charge in [-0.3, -0.25) is 33.8 Å². The fourth-order valence-electron chi connectivity index (χ4n) is 16.0. The molecule has 17 rings (SSSR count). The van der Waals surface area contributed by atoms with Gasteiger partial charge in [0.2, 0.25) is 0 Å². The number of carbonyl (C=O) groups is 3. The van der Waals surface area contributed by atoms with Gasteiger partial charge in [-0.2, -0.15) is 15.3 Å². The fraction of sp³-hybridized carbons (Fsp3) is 0.434. The molecule has 0 radical (unpaired) electrons. The number of aliphatic hydroxyl groups excluding tert-OH is 3. The predicted octanol–water partition coefficient (Wildman–Crippen LogP) is 6.12. The second kappa shape index (κ2) is 33.9. The summed E-state index contributed by atoms with van der Waals surface area (Å²) in [6.07, 6.45) is 23.3. The van der Waals surface area contributed by atoms with E-state index in [2.05, 4.69) is 120 Å². The van der Waals surface area contributed by atoms with Gasteiger partial charge in [-0.1, -0.05) is 36.4 Å². The highest BCUT2D eigenvalue weighted by molar-refractivity contribution is 5.89. The Morgan fingerprint density at radius 2 is 0.974 bits per heavy atom. The highest BCUT2D eigenvalue weighted by Gasteiger charge is 2.45. The molecule has 2 aliphatic carbocycles. The lowest BCUT2D eigenvalue weighted by Gasteiger charge is -2.42. The van der Waals surface area contributed by atoms with E-state index in [4.69, 9.17) is 0 Å². The Hall–Kier alpha value is -10.9. The van der Waals surface area contributed by atoms with E-state index >= 15 is 4.39 Å². The summed E-state index contributed by atoms with van der Waals surface area (Å²) in [5, 5.41) is 80.7. The van der Waals surface area contributed by atoms with E-state index < -0.39 is 35.1 Å². The first kappa shape index (κ1) is 79.3. The number of β-amino-alcohol motifs (C(OH)–C–C–N with tert-alkyl or cyclic N) is 3. The molecule has 31 nitrogen and oxygen atoms in total. The number of rotatable bonds is 27. The number of aryl methyl sites for hydroxylation is 1. The topological polar surface area (TPSA) is 351 Å². The summed E-state index contributed by atoms with van der Waals surface area (Å²) in [5.74, 6) is 2.17. The Morgan fingerprint density at radius 3 is 1.42 bits per heavy atom. The van der Waals surface area contributed by atoms with Gasteiger partial charge in [-0.15, -0.1) is 0 Å². The van der Waals surface area contributed by atoms with Crippen LogP contribution in [0.25, 0.3) is 55.7 Å². The van der Waals surface area contributed by atoms with Crippen molar-refractivity contribution in [2.45, 2.75) is 159 Å². The van der Waals surface area contributed by atoms with E-state index in [-0.39, 0.29) is 88.1 Å². The smallest absolute Gasteiger partial charge is 0.165 e. The van der Waals surface area contributed by atoms with Crippen molar-refractivity contribution in [1.82, 2.24) is 92.6 Å². The number of aliphatic hydroxyl groups is 6. The van der Waals surface area contributed by atoms with Crippen molar-refractivity contribution < 1.29 is 49.4 Å². The number of carbonyl (C=O) groups excluding carboxylic acids is 3. The summed E-state index contributed by atoms with van der Waals surface area (Å²) < 4.78 is 26.2. The summed E-state index contributed by atoms with van der Waals surface area (Å²) >= 11 is 0. The van der Waals surface area contributed by atoms with E-state index in [1.165, 1.54) is 27.1 Å². The summed E-state index contributed by atoms with van der Waals surface area (Å²) in [4.78, 5) is 78.7. The zero-order chi connectivity index (χ0) is 80.3. The van der Waals surface area contributed by atoms with Gasteiger partial charge in [0.1, 0.15) is 81.9 Å². The second-order valence-corrected chi connectivity index (χ2v) is 31.6. The molecule has 5 fully saturated rings. The maximum atomic E-state index is 15.3. The maximum Gasteiger partial charge on any atom is 0.165 e. The van der Waals surface area contributed by atoms with Gasteiger partial charge in [-0.05, 0) is 144 Å². The van der Waals surface area contributed by atoms with Crippen molar-refractivity contribution in [2.75, 3.05) is 80.1 Å². The lowest BCUT2D eigenvalue weighted by Crippen LogP contribution is -2.58. The number of hydrogen-bond donors (Lipinski definition) is 6. The number of fused-ring (bicyclic) bond motifs is 3. The molecule has 602 valence electrons. The van der Waals surface area contributed by atoms with Gasteiger partial charge in [0, 0.05) is 139 Å². The van der Waals surface area contributed by atoms with Crippen LogP contribution in [0.2, 0.25) is 0 Å². The molecule has 0 amide bonds. The minimum absolute atomic E-state index is 0.0304. The number of aromatic nitrogens is 16. The van der Waals surface area contributed by atoms with Crippen LogP contribution >= 0.6 is 0 Å². The molecule has 6 N–H and O–H groups in total. The summed E-state index contributed by atoms with van der Waals surface area (Å²) in [6, 6.07) is 30.3. The van der Waals surface area contributed by atoms with Crippen molar-refractivity contribution in [1.29, 1.82) is 0 Å². The summed E-state index contributed by atoms with van der Waals surface area (Å²) in [5.41, 5.74) is 5.23. The van der Waals surface area contributed by atoms with Crippen LogP contribution in [-0.4, -0.2) is 253 Å². The van der Waals surface area contributed by atoms with Gasteiger partial charge >= 0.3 is 0 Å². The number of benzene rings is 3. The summed E-state index contributed by atoms with van der Waals surface area (Å²) in [7, 11) is 1.83. The fourth-order valence-corrected chi connectivity index (χ4v) is 16.0. The largest absolute Gasteiger partial charge is 0.389 e. The Kier molecular flexibility index (Phi) is 23.3. The van der Waals surface area contributed by atoms with Crippen LogP contribution in [0.3, 0.4) is 0 Å². The standard InChI is InChI=1S/C29H34FN7O3.C27H32N8O3.C27H33N7O3/c1-19(38)13-35-10-8-29(40,26(39)16-35)17-36-9-7-24-27(36)31-18-32-28(24)37(23-5-6-23)15-21-4-3-20(11-25(21)30)22-12-33-34(2)14-22;1-19(36)13-32-12-9-27(38,23(37)15-32)16-33-18-30-24-25(33)28-17-29-26(24)34(21-7-8-21)14-20-3-5-22(6-4-20)35-11-2-10-31-35;1-3-32(16-21-5-7-22(8-6-21)34-12-4-11-30-34)25-23-9-13-33(26(23)29-19-28-25)18-27(37)10-14-31(15-20(2)35)17-24(27)36/h3-4,7,9,11-12,14,18,23,26,39-40H,5-6,8,10,13,15-17H2,1-2H3;2-6,10-11,17-18,21,23,37-38H,7-9,12-16H2,1H3;4-9,11-13,19,24,36-37H,3,10,14-18H2,1-2H3/t26-,29-;23-,27-;24-,27-/m111/s1. The number of ketones is 3. The Morgan fingerprint density at radius 1 is 0.513 bits per heavy atom. The van der Waals surface area contributed by atoms with Crippen LogP contribution in [0.15, 0.2) is 166 Å². The molecule has 0 unspecified atom stereocenters. The van der Waals surface area contributed by atoms with Crippen LogP contribution in [0, 0.1) is 5.82 Å². The molecule has 12 heterocycles. The lowest BCUT2D eigenvalue weighted by molar-refractivity contribution is -0.134. The molecule has 2 saturated carbocycles. The summed E-state index contributed by atoms with van der Waals surface area (Å²) in [6.45, 7) is 12.9. The Bertz CT molecular complexity index is 5360. The average Bonchev–Trinajstić information content (AvgIpc) is 1.64. The van der Waals surface area contributed by atoms with Gasteiger partial charge in [-0.25, -0.2) is 48.6 Å². The quantitative estimate of drug-likeness (QED) is 0.0337. The minimum Gasteiger partial charge on any atom is -0.389 e. The van der Waals surface area contributed by atoms with Crippen molar-refractivity contribution in [3.05, 3.63) is 188 Å². The van der Waals surface area contributed by atoms with E-state index in [9.17, 15) is 45.0 Å². The number of anilines is 3. The average molecular weight is 1570 g/mol. The number of hydrogen-bond acceptors (Lipinski definition) is 25. The third-order valence-electron chi connectivity index (χ3n) is 22.6. The maximum absolute atomic E-state index is 15.3. The number of piperidine rings is 3. The zero-order valence-electron chi connectivity index (χ0n) is 65.4. The number of Topliss-reactive ketones (excluding diaryl/α,β-unsaturated/α-hetero) is 3. The van der Waals surface area contributed by atoms with Gasteiger partial charge < -0.3 is 59.0 Å². The molecule has 0 bridgehead atoms. The SMILES string of the molecule is CC(=O)CN1CC[C@@](O)(Cn2ccc3c(N(Cc4ccc(-c5cnn(C)c5)cc4F)C4CC4)ncnc32)[C@H](O)C1.CC(=O)CN1CC[C@@](O)(Cn2cnc3c(N(Cc4ccc(-n5cccn5)cc4)C4CC4)ncnc32)[C@H](O)C1.CCN(Cc1ccc(-n2cccn2)cc1)c1ncnc2c1ccn2C[C@]1(O)CCN(CC(C)=O)C[C@H]1O. The molecule has 5 aliphatic rings. The molecule has 0 spiro atoms. The van der Waals surface area contributed by atoms with Crippen LogP contribution in [-0.2, 0) is 60.7 Å². The van der Waals surface area contributed by atoms with Crippen molar-refractivity contribution >= 4 is 68.0 Å². The van der Waals surface area contributed by atoms with Crippen LogP contribution < -0.4 is 14.7 Å². The minimum atomic E-state index is -1.35. The molecule has 3 saturated heterocycles. The van der Waals surface area contributed by atoms with E-state index in [0.717, 1.165) is 94.1 Å². The van der Waals surface area contributed by atoms with Gasteiger partial charge in [0.15, 0.2) is 17.0 Å². The first-order chi connectivity index (χ1) is 55.4. The predicted molar refractivity (Wildman–Crippen MR) is 429 cm³/mol. The highest BCUT2D eigenvalue weighted by atomic mass is 19.1. The lowest BCUT2D eigenvalue weighted by atomic mass is 9.88. The molecule has 12 aromatic rings. The van der Waals surface area contributed by atoms with Crippen LogP contribution in [0.4, 0.5) is 21.8 Å². The van der Waals surface area contributed by atoms with E-state index in [0.29, 0.717) is 92.6 Å². The highest BCUT2D eigenvalue weighted by Crippen LogP contribution is 2.40. The number of halogens is 1. The molecular formula is C83H99FN22O9. The first-order valence-corrected chi connectivity index (χ1v) is 39.3. The third kappa shape index (κ3) is 18.1. The normalized spacial score (nSPS) is 21.4. The first-order valence-electron chi connectivity index (χ1n) is 39.3. The molecule has 3 aromatic carbocycles. The van der Waals surface area contributed by atoms with Crippen LogP contribution in [0.5, 0.6) is 0 Å². The van der Waals surface area contributed by atoms with Crippen molar-refractivity contribution in [3.63, 3.8) is 0 Å². The van der Waals surface area contributed by atoms with E-state index in [1.807, 2.05) is 108 Å². The Labute approximate surface area is 664 Å². The molecule has 32 heteroatoms. The number of nitrogens with zero attached hydrogens (tertiary/aromatic N) is 22. The van der Waals surface area contributed by atoms with Crippen LogP contribution in [0.1, 0.15) is 89.3 Å². The van der Waals surface area contributed by atoms with Crippen molar-refractivity contribution in [3.8, 4) is 22.5 Å². The molecular weight excluding hydrogens is 1470 g/mol. The zero-order valence-corrected chi connectivity index (χ0v) is 65.4. The van der Waals surface area contributed by atoms with Crippen molar-refractivity contribution in [2.24, 2.45) is 7.05 Å².